The third-order valence-electron chi connectivity index (χ3n) is 5.16. The summed E-state index contributed by atoms with van der Waals surface area (Å²) in [7, 11) is 0. The van der Waals surface area contributed by atoms with Gasteiger partial charge < -0.3 is 5.32 Å². The topological polar surface area (TPSA) is 67.2 Å². The maximum Gasteiger partial charge on any atom is 0.228 e. The molecule has 1 aromatic heterocycles. The molecule has 1 aliphatic carbocycles. The quantitative estimate of drug-likeness (QED) is 0.920. The summed E-state index contributed by atoms with van der Waals surface area (Å²) in [6.07, 6.45) is 5.93. The second-order valence-electron chi connectivity index (χ2n) is 7.29. The number of anilines is 1. The van der Waals surface area contributed by atoms with E-state index in [1.54, 1.807) is 4.90 Å². The van der Waals surface area contributed by atoms with E-state index in [4.69, 9.17) is 0 Å². The molecule has 1 saturated carbocycles. The molecule has 0 bridgehead atoms. The van der Waals surface area contributed by atoms with Gasteiger partial charge in [-0.1, -0.05) is 6.92 Å². The molecule has 132 valence electrons. The van der Waals surface area contributed by atoms with E-state index < -0.39 is 0 Å². The van der Waals surface area contributed by atoms with Crippen molar-refractivity contribution in [2.45, 2.75) is 71.4 Å². The van der Waals surface area contributed by atoms with E-state index in [0.29, 0.717) is 12.6 Å². The Kier molecular flexibility index (Phi) is 5.21. The Hall–Kier alpha value is -1.85. The van der Waals surface area contributed by atoms with Crippen molar-refractivity contribution in [1.29, 1.82) is 0 Å². The van der Waals surface area contributed by atoms with Crippen LogP contribution in [-0.2, 0) is 16.1 Å². The SMILES string of the molecule is Cc1cc2n(n1)CCCN2C(=O)CCC(=O)NC1CCC(C)CC1. The van der Waals surface area contributed by atoms with Crippen LogP contribution < -0.4 is 10.2 Å². The van der Waals surface area contributed by atoms with Crippen LogP contribution in [0, 0.1) is 12.8 Å². The molecule has 0 radical (unpaired) electrons. The summed E-state index contributed by atoms with van der Waals surface area (Å²) < 4.78 is 1.89. The van der Waals surface area contributed by atoms with Gasteiger partial charge in [-0.05, 0) is 44.9 Å². The zero-order chi connectivity index (χ0) is 17.1. The lowest BCUT2D eigenvalue weighted by Gasteiger charge is -2.28. The lowest BCUT2D eigenvalue weighted by atomic mass is 9.87. The summed E-state index contributed by atoms with van der Waals surface area (Å²) in [5, 5.41) is 7.50. The number of nitrogens with zero attached hydrogens (tertiary/aromatic N) is 3. The third kappa shape index (κ3) is 3.97. The predicted octanol–water partition coefficient (Wildman–Crippen LogP) is 2.40. The van der Waals surface area contributed by atoms with Gasteiger partial charge in [0.15, 0.2) is 0 Å². The lowest BCUT2D eigenvalue weighted by molar-refractivity contribution is -0.126. The van der Waals surface area contributed by atoms with Gasteiger partial charge in [-0.15, -0.1) is 0 Å². The van der Waals surface area contributed by atoms with Gasteiger partial charge in [0.1, 0.15) is 5.82 Å². The molecule has 0 atom stereocenters. The maximum atomic E-state index is 12.5. The van der Waals surface area contributed by atoms with Gasteiger partial charge in [-0.3, -0.25) is 14.5 Å². The second-order valence-corrected chi connectivity index (χ2v) is 7.29. The molecular formula is C18H28N4O2. The average molecular weight is 332 g/mol. The molecular weight excluding hydrogens is 304 g/mol. The Morgan fingerprint density at radius 3 is 2.71 bits per heavy atom. The van der Waals surface area contributed by atoms with Gasteiger partial charge in [-0.25, -0.2) is 4.68 Å². The molecule has 1 aromatic rings. The first-order valence-electron chi connectivity index (χ1n) is 9.17. The molecule has 6 heteroatoms. The van der Waals surface area contributed by atoms with E-state index in [9.17, 15) is 9.59 Å². The monoisotopic (exact) mass is 332 g/mol. The van der Waals surface area contributed by atoms with Crippen molar-refractivity contribution in [3.8, 4) is 0 Å². The summed E-state index contributed by atoms with van der Waals surface area (Å²) in [5.74, 6) is 1.66. The first-order chi connectivity index (χ1) is 11.5. The fourth-order valence-electron chi connectivity index (χ4n) is 3.72. The molecule has 3 rings (SSSR count). The molecule has 2 amide bonds. The number of fused-ring (bicyclic) bond motifs is 1. The van der Waals surface area contributed by atoms with Gasteiger partial charge in [0, 0.05) is 38.0 Å². The summed E-state index contributed by atoms with van der Waals surface area (Å²) >= 11 is 0. The van der Waals surface area contributed by atoms with Gasteiger partial charge >= 0.3 is 0 Å². The number of carbonyl (C=O) groups excluding carboxylic acids is 2. The van der Waals surface area contributed by atoms with Crippen LogP contribution >= 0.6 is 0 Å². The first kappa shape index (κ1) is 17.0. The lowest BCUT2D eigenvalue weighted by Crippen LogP contribution is -2.40. The van der Waals surface area contributed by atoms with Gasteiger partial charge in [-0.2, -0.15) is 5.10 Å². The van der Waals surface area contributed by atoms with E-state index in [2.05, 4.69) is 17.3 Å². The van der Waals surface area contributed by atoms with Crippen LogP contribution in [0.3, 0.4) is 0 Å². The highest BCUT2D eigenvalue weighted by Gasteiger charge is 2.25. The molecule has 24 heavy (non-hydrogen) atoms. The Morgan fingerprint density at radius 1 is 1.21 bits per heavy atom. The molecule has 0 aromatic carbocycles. The Morgan fingerprint density at radius 2 is 1.96 bits per heavy atom. The molecule has 2 aliphatic rings. The van der Waals surface area contributed by atoms with Crippen molar-refractivity contribution in [1.82, 2.24) is 15.1 Å². The minimum absolute atomic E-state index is 0.00426. The zero-order valence-electron chi connectivity index (χ0n) is 14.8. The van der Waals surface area contributed by atoms with Crippen LogP contribution in [0.15, 0.2) is 6.07 Å². The minimum Gasteiger partial charge on any atom is -0.353 e. The summed E-state index contributed by atoms with van der Waals surface area (Å²) in [5.41, 5.74) is 0.925. The van der Waals surface area contributed by atoms with Gasteiger partial charge in [0.2, 0.25) is 11.8 Å². The van der Waals surface area contributed by atoms with Crippen LogP contribution in [0.4, 0.5) is 5.82 Å². The van der Waals surface area contributed by atoms with E-state index in [0.717, 1.165) is 43.2 Å². The minimum atomic E-state index is 0.00426. The summed E-state index contributed by atoms with van der Waals surface area (Å²) in [6, 6.07) is 2.24. The fourth-order valence-corrected chi connectivity index (χ4v) is 3.72. The molecule has 6 nitrogen and oxygen atoms in total. The van der Waals surface area contributed by atoms with Crippen LogP contribution in [-0.4, -0.2) is 34.2 Å². The summed E-state index contributed by atoms with van der Waals surface area (Å²) in [6.45, 7) is 5.77. The highest BCUT2D eigenvalue weighted by Crippen LogP contribution is 2.24. The molecule has 0 spiro atoms. The van der Waals surface area contributed by atoms with E-state index in [-0.39, 0.29) is 24.7 Å². The zero-order valence-corrected chi connectivity index (χ0v) is 14.8. The second kappa shape index (κ2) is 7.36. The van der Waals surface area contributed by atoms with Crippen molar-refractivity contribution in [3.05, 3.63) is 11.8 Å². The van der Waals surface area contributed by atoms with E-state index >= 15 is 0 Å². The Labute approximate surface area is 143 Å². The maximum absolute atomic E-state index is 12.5. The third-order valence-corrected chi connectivity index (χ3v) is 5.16. The fraction of sp³-hybridized carbons (Fsp3) is 0.722. The smallest absolute Gasteiger partial charge is 0.228 e. The molecule has 2 heterocycles. The van der Waals surface area contributed by atoms with Crippen molar-refractivity contribution in [3.63, 3.8) is 0 Å². The number of aromatic nitrogens is 2. The molecule has 0 saturated heterocycles. The number of rotatable bonds is 4. The van der Waals surface area contributed by atoms with Gasteiger partial charge in [0.25, 0.3) is 0 Å². The average Bonchev–Trinajstić information content (AvgIpc) is 2.94. The number of nitrogens with one attached hydrogen (secondary N) is 1. The first-order valence-corrected chi connectivity index (χ1v) is 9.17. The number of hydrogen-bond acceptors (Lipinski definition) is 3. The van der Waals surface area contributed by atoms with Crippen molar-refractivity contribution in [2.75, 3.05) is 11.4 Å². The van der Waals surface area contributed by atoms with Crippen molar-refractivity contribution < 1.29 is 9.59 Å². The van der Waals surface area contributed by atoms with Crippen molar-refractivity contribution >= 4 is 17.6 Å². The number of carbonyl (C=O) groups is 2. The molecule has 1 aliphatic heterocycles. The van der Waals surface area contributed by atoms with Crippen LogP contribution in [0.5, 0.6) is 0 Å². The Bertz CT molecular complexity index is 602. The normalized spacial score (nSPS) is 23.7. The van der Waals surface area contributed by atoms with Crippen LogP contribution in [0.1, 0.15) is 57.6 Å². The molecule has 0 unspecified atom stereocenters. The molecule has 1 fully saturated rings. The number of aryl methyl sites for hydroxylation is 2. The van der Waals surface area contributed by atoms with E-state index in [1.165, 1.54) is 12.8 Å². The number of amides is 2. The van der Waals surface area contributed by atoms with E-state index in [1.807, 2.05) is 17.7 Å². The standard InChI is InChI=1S/C18H28N4O2/c1-13-4-6-15(7-5-13)19-16(23)8-9-18(24)21-10-3-11-22-17(21)12-14(2)20-22/h12-13,15H,3-11H2,1-2H3,(H,19,23). The van der Waals surface area contributed by atoms with Crippen LogP contribution in [0.25, 0.3) is 0 Å². The van der Waals surface area contributed by atoms with Gasteiger partial charge in [0.05, 0.1) is 5.69 Å². The predicted molar refractivity (Wildman–Crippen MR) is 92.7 cm³/mol. The largest absolute Gasteiger partial charge is 0.353 e. The van der Waals surface area contributed by atoms with Crippen LogP contribution in [0.2, 0.25) is 0 Å². The highest BCUT2D eigenvalue weighted by atomic mass is 16.2. The highest BCUT2D eigenvalue weighted by molar-refractivity contribution is 5.95. The number of hydrogen-bond donors (Lipinski definition) is 1. The molecule has 1 N–H and O–H groups in total. The Balaban J connectivity index is 1.48. The van der Waals surface area contributed by atoms with Crippen molar-refractivity contribution in [2.24, 2.45) is 5.92 Å². The summed E-state index contributed by atoms with van der Waals surface area (Å²) in [4.78, 5) is 26.4.